The van der Waals surface area contributed by atoms with Gasteiger partial charge in [0.15, 0.2) is 6.61 Å². The maximum absolute atomic E-state index is 12.4. The first-order valence-electron chi connectivity index (χ1n) is 9.27. The van der Waals surface area contributed by atoms with Gasteiger partial charge in [0.25, 0.3) is 11.8 Å². The summed E-state index contributed by atoms with van der Waals surface area (Å²) in [7, 11) is 0. The van der Waals surface area contributed by atoms with Gasteiger partial charge in [0, 0.05) is 9.35 Å². The molecule has 150 valence electrons. The van der Waals surface area contributed by atoms with Crippen LogP contribution in [0.15, 0.2) is 28.7 Å². The molecular formula is C21H25BrN2O3S. The fourth-order valence-electron chi connectivity index (χ4n) is 3.52. The zero-order valence-corrected chi connectivity index (χ0v) is 18.7. The molecule has 0 bridgehead atoms. The smallest absolute Gasteiger partial charge is 0.262 e. The Kier molecular flexibility index (Phi) is 6.15. The van der Waals surface area contributed by atoms with E-state index in [-0.39, 0.29) is 17.9 Å². The molecule has 1 atom stereocenters. The normalized spacial score (nSPS) is 16.4. The van der Waals surface area contributed by atoms with Crippen molar-refractivity contribution in [1.82, 2.24) is 0 Å². The van der Waals surface area contributed by atoms with Gasteiger partial charge in [0.05, 0.1) is 5.56 Å². The van der Waals surface area contributed by atoms with Gasteiger partial charge in [-0.3, -0.25) is 9.59 Å². The van der Waals surface area contributed by atoms with E-state index in [1.54, 1.807) is 12.1 Å². The summed E-state index contributed by atoms with van der Waals surface area (Å²) < 4.78 is 6.45. The van der Waals surface area contributed by atoms with E-state index in [1.165, 1.54) is 11.3 Å². The van der Waals surface area contributed by atoms with Gasteiger partial charge in [0.2, 0.25) is 0 Å². The standard InChI is InChI=1S/C21H25BrN2O3S/c1-21(2,3)12-4-9-15-16(10-12)28-20(18(15)19(23)26)24-17(25)11-27-14-7-5-13(22)6-8-14/h5-8,12H,4,9-11H2,1-3H3,(H2,23,26)(H,24,25)/t12-/m0/s1. The molecule has 3 N–H and O–H groups in total. The quantitative estimate of drug-likeness (QED) is 0.667. The van der Waals surface area contributed by atoms with Gasteiger partial charge in [-0.2, -0.15) is 0 Å². The molecule has 0 unspecified atom stereocenters. The third-order valence-electron chi connectivity index (χ3n) is 5.17. The van der Waals surface area contributed by atoms with E-state index in [1.807, 2.05) is 12.1 Å². The molecule has 0 saturated carbocycles. The number of primary amides is 1. The average molecular weight is 465 g/mol. The van der Waals surface area contributed by atoms with Gasteiger partial charge in [-0.05, 0) is 60.4 Å². The Morgan fingerprint density at radius 1 is 1.29 bits per heavy atom. The Labute approximate surface area is 177 Å². The van der Waals surface area contributed by atoms with Gasteiger partial charge in [-0.1, -0.05) is 36.7 Å². The summed E-state index contributed by atoms with van der Waals surface area (Å²) in [6.45, 7) is 6.60. The molecule has 1 aromatic heterocycles. The number of nitrogens with two attached hydrogens (primary N) is 1. The minimum atomic E-state index is -0.490. The van der Waals surface area contributed by atoms with Crippen LogP contribution in [0.2, 0.25) is 0 Å². The van der Waals surface area contributed by atoms with Gasteiger partial charge in [-0.25, -0.2) is 0 Å². The number of hydrogen-bond donors (Lipinski definition) is 2. The van der Waals surface area contributed by atoms with Crippen LogP contribution in [-0.2, 0) is 17.6 Å². The van der Waals surface area contributed by atoms with E-state index in [4.69, 9.17) is 10.5 Å². The Morgan fingerprint density at radius 3 is 2.57 bits per heavy atom. The van der Waals surface area contributed by atoms with E-state index >= 15 is 0 Å². The summed E-state index contributed by atoms with van der Waals surface area (Å²) >= 11 is 4.83. The summed E-state index contributed by atoms with van der Waals surface area (Å²) in [5, 5.41) is 3.37. The minimum Gasteiger partial charge on any atom is -0.484 e. The van der Waals surface area contributed by atoms with Crippen molar-refractivity contribution in [2.24, 2.45) is 17.1 Å². The lowest BCUT2D eigenvalue weighted by atomic mass is 9.72. The Hall–Kier alpha value is -1.86. The van der Waals surface area contributed by atoms with Gasteiger partial charge < -0.3 is 15.8 Å². The molecular weight excluding hydrogens is 440 g/mol. The SMILES string of the molecule is CC(C)(C)[C@H]1CCc2c(sc(NC(=O)COc3ccc(Br)cc3)c2C(N)=O)C1. The molecule has 0 fully saturated rings. The minimum absolute atomic E-state index is 0.132. The lowest BCUT2D eigenvalue weighted by Crippen LogP contribution is -2.27. The van der Waals surface area contributed by atoms with Crippen molar-refractivity contribution in [3.8, 4) is 5.75 Å². The van der Waals surface area contributed by atoms with E-state index in [2.05, 4.69) is 42.0 Å². The van der Waals surface area contributed by atoms with Crippen LogP contribution in [-0.4, -0.2) is 18.4 Å². The molecule has 3 rings (SSSR count). The highest BCUT2D eigenvalue weighted by Crippen LogP contribution is 2.44. The number of benzene rings is 1. The number of halogens is 1. The molecule has 1 aliphatic carbocycles. The van der Waals surface area contributed by atoms with Crippen LogP contribution >= 0.6 is 27.3 Å². The lowest BCUT2D eigenvalue weighted by Gasteiger charge is -2.33. The number of carbonyl (C=O) groups is 2. The summed E-state index contributed by atoms with van der Waals surface area (Å²) in [6, 6.07) is 7.25. The van der Waals surface area contributed by atoms with Crippen LogP contribution in [0.3, 0.4) is 0 Å². The summed E-state index contributed by atoms with van der Waals surface area (Å²) in [4.78, 5) is 25.6. The molecule has 2 aromatic rings. The first-order chi connectivity index (χ1) is 13.1. The van der Waals surface area contributed by atoms with Crippen molar-refractivity contribution in [3.05, 3.63) is 44.7 Å². The average Bonchev–Trinajstić information content (AvgIpc) is 2.97. The summed E-state index contributed by atoms with van der Waals surface area (Å²) in [5.41, 5.74) is 7.31. The van der Waals surface area contributed by atoms with Gasteiger partial charge in [0.1, 0.15) is 10.8 Å². The summed E-state index contributed by atoms with van der Waals surface area (Å²) in [5.74, 6) is 0.350. The first-order valence-corrected chi connectivity index (χ1v) is 10.9. The van der Waals surface area contributed by atoms with Crippen LogP contribution in [0.4, 0.5) is 5.00 Å². The van der Waals surface area contributed by atoms with Crippen molar-refractivity contribution in [2.45, 2.75) is 40.0 Å². The number of anilines is 1. The van der Waals surface area contributed by atoms with Crippen molar-refractivity contribution < 1.29 is 14.3 Å². The zero-order valence-electron chi connectivity index (χ0n) is 16.3. The van der Waals surface area contributed by atoms with Crippen LogP contribution in [0, 0.1) is 11.3 Å². The second-order valence-corrected chi connectivity index (χ2v) is 10.2. The molecule has 1 heterocycles. The number of ether oxygens (including phenoxy) is 1. The predicted octanol–water partition coefficient (Wildman–Crippen LogP) is 4.78. The van der Waals surface area contributed by atoms with Crippen LogP contribution in [0.1, 0.15) is 48.0 Å². The number of fused-ring (bicyclic) bond motifs is 1. The molecule has 0 radical (unpaired) electrons. The van der Waals surface area contributed by atoms with Crippen LogP contribution < -0.4 is 15.8 Å². The van der Waals surface area contributed by atoms with E-state index < -0.39 is 5.91 Å². The zero-order chi connectivity index (χ0) is 20.5. The highest BCUT2D eigenvalue weighted by Gasteiger charge is 2.33. The number of thiophene rings is 1. The van der Waals surface area contributed by atoms with Crippen molar-refractivity contribution in [1.29, 1.82) is 0 Å². The van der Waals surface area contributed by atoms with Crippen LogP contribution in [0.5, 0.6) is 5.75 Å². The fourth-order valence-corrected chi connectivity index (χ4v) is 5.13. The second-order valence-electron chi connectivity index (χ2n) is 8.17. The highest BCUT2D eigenvalue weighted by atomic mass is 79.9. The molecule has 0 aliphatic heterocycles. The largest absolute Gasteiger partial charge is 0.484 e. The van der Waals surface area contributed by atoms with Crippen LogP contribution in [0.25, 0.3) is 0 Å². The topological polar surface area (TPSA) is 81.4 Å². The third-order valence-corrected chi connectivity index (χ3v) is 6.87. The molecule has 1 aliphatic rings. The number of rotatable bonds is 5. The molecule has 2 amide bonds. The number of carbonyl (C=O) groups excluding carboxylic acids is 2. The monoisotopic (exact) mass is 464 g/mol. The lowest BCUT2D eigenvalue weighted by molar-refractivity contribution is -0.118. The molecule has 0 saturated heterocycles. The van der Waals surface area contributed by atoms with Gasteiger partial charge >= 0.3 is 0 Å². The van der Waals surface area contributed by atoms with Crippen molar-refractivity contribution in [2.75, 3.05) is 11.9 Å². The Bertz CT molecular complexity index is 884. The fraction of sp³-hybridized carbons (Fsp3) is 0.429. The molecule has 7 heteroatoms. The van der Waals surface area contributed by atoms with Crippen molar-refractivity contribution >= 4 is 44.1 Å². The highest BCUT2D eigenvalue weighted by molar-refractivity contribution is 9.10. The van der Waals surface area contributed by atoms with E-state index in [0.717, 1.165) is 34.2 Å². The maximum Gasteiger partial charge on any atom is 0.262 e. The predicted molar refractivity (Wildman–Crippen MR) is 116 cm³/mol. The second kappa shape index (κ2) is 8.25. The molecule has 5 nitrogen and oxygen atoms in total. The first kappa shape index (κ1) is 20.9. The molecule has 28 heavy (non-hydrogen) atoms. The molecule has 1 aromatic carbocycles. The van der Waals surface area contributed by atoms with Gasteiger partial charge in [-0.15, -0.1) is 11.3 Å². The van der Waals surface area contributed by atoms with E-state index in [0.29, 0.717) is 22.2 Å². The maximum atomic E-state index is 12.4. The third kappa shape index (κ3) is 4.75. The Balaban J connectivity index is 1.73. The number of hydrogen-bond acceptors (Lipinski definition) is 4. The number of amides is 2. The van der Waals surface area contributed by atoms with E-state index in [9.17, 15) is 9.59 Å². The number of nitrogens with one attached hydrogen (secondary N) is 1. The summed E-state index contributed by atoms with van der Waals surface area (Å²) in [6.07, 6.45) is 2.75. The Morgan fingerprint density at radius 2 is 1.96 bits per heavy atom. The molecule has 0 spiro atoms. The van der Waals surface area contributed by atoms with Crippen molar-refractivity contribution in [3.63, 3.8) is 0 Å².